The monoisotopic (exact) mass is 434 g/mol. The summed E-state index contributed by atoms with van der Waals surface area (Å²) in [5, 5.41) is 8.80. The third-order valence-corrected chi connectivity index (χ3v) is 4.96. The van der Waals surface area contributed by atoms with Gasteiger partial charge in [-0.2, -0.15) is 5.10 Å². The molecule has 0 unspecified atom stereocenters. The van der Waals surface area contributed by atoms with Crippen molar-refractivity contribution in [2.45, 2.75) is 20.4 Å². The Kier molecular flexibility index (Phi) is 6.20. The van der Waals surface area contributed by atoms with Crippen molar-refractivity contribution in [1.29, 1.82) is 0 Å². The number of aryl methyl sites for hydroxylation is 2. The molecule has 1 heterocycles. The second-order valence-electron chi connectivity index (χ2n) is 6.35. The predicted molar refractivity (Wildman–Crippen MR) is 110 cm³/mol. The topological polar surface area (TPSA) is 82.5 Å². The molecule has 0 aliphatic rings. The van der Waals surface area contributed by atoms with Crippen molar-refractivity contribution in [1.82, 2.24) is 9.78 Å². The van der Waals surface area contributed by atoms with Crippen molar-refractivity contribution >= 4 is 35.0 Å². The molecule has 0 fully saturated rings. The van der Waals surface area contributed by atoms with Gasteiger partial charge in [0, 0.05) is 26.9 Å². The highest BCUT2D eigenvalue weighted by Crippen LogP contribution is 2.25. The number of benzene rings is 2. The van der Waals surface area contributed by atoms with Crippen LogP contribution in [0.25, 0.3) is 0 Å². The zero-order valence-electron chi connectivity index (χ0n) is 15.6. The molecule has 0 atom stereocenters. The molecular formula is C20H17Cl2FN4O2. The molecule has 150 valence electrons. The standard InChI is InChI=1S/C20H17Cl2FN4O2/c1-11-6-7-13(9-17(11)23)19(24)26-29-20(28)18-8-12(2)27(25-18)10-14-15(21)4-3-5-16(14)22/h3-9H,10H2,1-2H3,(H2,24,26). The van der Waals surface area contributed by atoms with E-state index < -0.39 is 11.8 Å². The summed E-state index contributed by atoms with van der Waals surface area (Å²) < 4.78 is 15.2. The number of halogens is 3. The van der Waals surface area contributed by atoms with Crippen LogP contribution in [0, 0.1) is 19.7 Å². The van der Waals surface area contributed by atoms with Crippen molar-refractivity contribution in [3.05, 3.63) is 86.4 Å². The molecule has 0 spiro atoms. The summed E-state index contributed by atoms with van der Waals surface area (Å²) in [6, 6.07) is 11.1. The first kappa shape index (κ1) is 20.8. The van der Waals surface area contributed by atoms with E-state index >= 15 is 0 Å². The average molecular weight is 435 g/mol. The molecule has 0 amide bonds. The molecule has 2 aromatic carbocycles. The van der Waals surface area contributed by atoms with Crippen LogP contribution in [0.2, 0.25) is 10.0 Å². The first-order valence-electron chi connectivity index (χ1n) is 8.55. The molecule has 3 aromatic rings. The highest BCUT2D eigenvalue weighted by Gasteiger charge is 2.16. The molecule has 0 saturated heterocycles. The first-order valence-corrected chi connectivity index (χ1v) is 9.30. The molecule has 0 bridgehead atoms. The van der Waals surface area contributed by atoms with Gasteiger partial charge in [0.15, 0.2) is 11.5 Å². The number of nitrogens with zero attached hydrogens (tertiary/aromatic N) is 3. The maximum Gasteiger partial charge on any atom is 0.385 e. The van der Waals surface area contributed by atoms with Crippen LogP contribution in [0.15, 0.2) is 47.6 Å². The van der Waals surface area contributed by atoms with Crippen molar-refractivity contribution in [3.8, 4) is 0 Å². The van der Waals surface area contributed by atoms with E-state index in [9.17, 15) is 9.18 Å². The van der Waals surface area contributed by atoms with E-state index in [-0.39, 0.29) is 18.1 Å². The zero-order valence-corrected chi connectivity index (χ0v) is 17.1. The van der Waals surface area contributed by atoms with E-state index in [4.69, 9.17) is 33.8 Å². The summed E-state index contributed by atoms with van der Waals surface area (Å²) in [6.07, 6.45) is 0. The Labute approximate surface area is 176 Å². The normalized spacial score (nSPS) is 11.6. The van der Waals surface area contributed by atoms with Crippen LogP contribution < -0.4 is 5.73 Å². The maximum atomic E-state index is 13.6. The highest BCUT2D eigenvalue weighted by atomic mass is 35.5. The van der Waals surface area contributed by atoms with E-state index in [1.54, 1.807) is 54.9 Å². The van der Waals surface area contributed by atoms with E-state index in [2.05, 4.69) is 10.3 Å². The third kappa shape index (κ3) is 4.75. The number of carbonyl (C=O) groups excluding carboxylic acids is 1. The minimum absolute atomic E-state index is 0.0392. The Morgan fingerprint density at radius 2 is 1.90 bits per heavy atom. The summed E-state index contributed by atoms with van der Waals surface area (Å²) in [4.78, 5) is 17.1. The Hall–Kier alpha value is -2.90. The number of rotatable bonds is 5. The third-order valence-electron chi connectivity index (χ3n) is 4.25. The number of aromatic nitrogens is 2. The molecule has 0 aliphatic heterocycles. The fourth-order valence-electron chi connectivity index (χ4n) is 2.55. The second-order valence-corrected chi connectivity index (χ2v) is 7.16. The Morgan fingerprint density at radius 3 is 2.55 bits per heavy atom. The summed E-state index contributed by atoms with van der Waals surface area (Å²) in [6.45, 7) is 3.69. The van der Waals surface area contributed by atoms with Gasteiger partial charge in [0.1, 0.15) is 5.82 Å². The summed E-state index contributed by atoms with van der Waals surface area (Å²) in [5.41, 5.74) is 7.96. The van der Waals surface area contributed by atoms with Gasteiger partial charge in [0.2, 0.25) is 0 Å². The number of hydrogen-bond donors (Lipinski definition) is 1. The molecule has 0 radical (unpaired) electrons. The number of hydrogen-bond acceptors (Lipinski definition) is 4. The second kappa shape index (κ2) is 8.63. The van der Waals surface area contributed by atoms with E-state index in [0.29, 0.717) is 32.4 Å². The molecule has 29 heavy (non-hydrogen) atoms. The lowest BCUT2D eigenvalue weighted by Crippen LogP contribution is -2.16. The maximum absolute atomic E-state index is 13.6. The summed E-state index contributed by atoms with van der Waals surface area (Å²) >= 11 is 12.4. The van der Waals surface area contributed by atoms with Gasteiger partial charge in [-0.1, -0.05) is 46.6 Å². The highest BCUT2D eigenvalue weighted by molar-refractivity contribution is 6.35. The van der Waals surface area contributed by atoms with E-state index in [1.165, 1.54) is 6.07 Å². The van der Waals surface area contributed by atoms with Crippen LogP contribution in [-0.4, -0.2) is 21.6 Å². The fourth-order valence-corrected chi connectivity index (χ4v) is 3.06. The lowest BCUT2D eigenvalue weighted by atomic mass is 10.1. The molecule has 0 saturated carbocycles. The van der Waals surface area contributed by atoms with Crippen molar-refractivity contribution < 1.29 is 14.0 Å². The van der Waals surface area contributed by atoms with Gasteiger partial charge in [-0.05, 0) is 43.7 Å². The molecule has 2 N–H and O–H groups in total. The quantitative estimate of drug-likeness (QED) is 0.278. The fraction of sp³-hybridized carbons (Fsp3) is 0.150. The van der Waals surface area contributed by atoms with Gasteiger partial charge in [0.05, 0.1) is 6.54 Å². The van der Waals surface area contributed by atoms with Crippen molar-refractivity contribution in [2.75, 3.05) is 0 Å². The SMILES string of the molecule is Cc1ccc(/C(N)=N/OC(=O)c2cc(C)n(Cc3c(Cl)cccc3Cl)n2)cc1F. The van der Waals surface area contributed by atoms with Crippen molar-refractivity contribution in [2.24, 2.45) is 10.9 Å². The van der Waals surface area contributed by atoms with Crippen molar-refractivity contribution in [3.63, 3.8) is 0 Å². The first-order chi connectivity index (χ1) is 13.8. The predicted octanol–water partition coefficient (Wildman–Crippen LogP) is 4.47. The minimum atomic E-state index is -0.798. The van der Waals surface area contributed by atoms with Crippen LogP contribution in [-0.2, 0) is 11.4 Å². The molecule has 1 aromatic heterocycles. The summed E-state index contributed by atoms with van der Waals surface area (Å²) in [7, 11) is 0. The lowest BCUT2D eigenvalue weighted by Gasteiger charge is -2.08. The number of carbonyl (C=O) groups is 1. The Balaban J connectivity index is 1.75. The van der Waals surface area contributed by atoms with Crippen LogP contribution in [0.1, 0.15) is 32.9 Å². The van der Waals surface area contributed by atoms with Gasteiger partial charge in [0.25, 0.3) is 0 Å². The van der Waals surface area contributed by atoms with Gasteiger partial charge < -0.3 is 10.6 Å². The van der Waals surface area contributed by atoms with Gasteiger partial charge in [-0.15, -0.1) is 0 Å². The van der Waals surface area contributed by atoms with Crippen LogP contribution in [0.4, 0.5) is 4.39 Å². The van der Waals surface area contributed by atoms with Gasteiger partial charge in [-0.3, -0.25) is 4.68 Å². The average Bonchev–Trinajstić information content (AvgIpc) is 3.05. The lowest BCUT2D eigenvalue weighted by molar-refractivity contribution is 0.0508. The van der Waals surface area contributed by atoms with Crippen LogP contribution in [0.3, 0.4) is 0 Å². The van der Waals surface area contributed by atoms with E-state index in [0.717, 1.165) is 0 Å². The molecule has 3 rings (SSSR count). The van der Waals surface area contributed by atoms with Gasteiger partial charge in [-0.25, -0.2) is 9.18 Å². The number of nitrogens with two attached hydrogens (primary N) is 1. The smallest absolute Gasteiger partial charge is 0.380 e. The van der Waals surface area contributed by atoms with E-state index in [1.807, 2.05) is 0 Å². The Morgan fingerprint density at radius 1 is 1.21 bits per heavy atom. The Bertz CT molecular complexity index is 1090. The van der Waals surface area contributed by atoms with Crippen LogP contribution in [0.5, 0.6) is 0 Å². The molecule has 6 nitrogen and oxygen atoms in total. The largest absolute Gasteiger partial charge is 0.385 e. The van der Waals surface area contributed by atoms with Crippen LogP contribution >= 0.6 is 23.2 Å². The molecular weight excluding hydrogens is 418 g/mol. The zero-order chi connectivity index (χ0) is 21.1. The minimum Gasteiger partial charge on any atom is -0.380 e. The number of oxime groups is 1. The van der Waals surface area contributed by atoms with Gasteiger partial charge >= 0.3 is 5.97 Å². The molecule has 9 heteroatoms. The summed E-state index contributed by atoms with van der Waals surface area (Å²) in [5.74, 6) is -1.36. The number of amidine groups is 1. The molecule has 0 aliphatic carbocycles.